The molecule has 216 valence electrons. The molecule has 0 saturated carbocycles. The smallest absolute Gasteiger partial charge is 0.275 e. The van der Waals surface area contributed by atoms with Crippen LogP contribution in [0.1, 0.15) is 20.7 Å². The molecule has 0 bridgehead atoms. The van der Waals surface area contributed by atoms with E-state index < -0.39 is 11.1 Å². The van der Waals surface area contributed by atoms with Crippen LogP contribution in [0.3, 0.4) is 0 Å². The van der Waals surface area contributed by atoms with Crippen LogP contribution in [0.5, 0.6) is 0 Å². The zero-order valence-electron chi connectivity index (χ0n) is 22.6. The van der Waals surface area contributed by atoms with Gasteiger partial charge in [-0.15, -0.1) is 22.7 Å². The summed E-state index contributed by atoms with van der Waals surface area (Å²) in [5, 5.41) is 0.992. The van der Waals surface area contributed by atoms with Crippen molar-refractivity contribution in [2.24, 2.45) is 0 Å². The first kappa shape index (κ1) is 29.5. The lowest BCUT2D eigenvalue weighted by atomic mass is 10.1. The number of hydrogen-bond donors (Lipinski definition) is 0. The van der Waals surface area contributed by atoms with E-state index in [4.69, 9.17) is 23.2 Å². The van der Waals surface area contributed by atoms with E-state index in [9.17, 15) is 19.2 Å². The lowest BCUT2D eigenvalue weighted by molar-refractivity contribution is 0.105. The molecule has 44 heavy (non-hydrogen) atoms. The molecule has 6 rings (SSSR count). The van der Waals surface area contributed by atoms with E-state index in [1.807, 2.05) is 12.1 Å². The van der Waals surface area contributed by atoms with Gasteiger partial charge in [0.2, 0.25) is 0 Å². The average Bonchev–Trinajstić information content (AvgIpc) is 3.53. The Kier molecular flexibility index (Phi) is 8.41. The molecule has 2 heterocycles. The van der Waals surface area contributed by atoms with E-state index in [0.717, 1.165) is 22.7 Å². The number of hydrogen-bond acceptors (Lipinski definition) is 6. The maximum absolute atomic E-state index is 14.0. The van der Waals surface area contributed by atoms with Gasteiger partial charge in [-0.1, -0.05) is 59.6 Å². The standard InChI is InChI=1S/C34H20Cl2N2O4S2/c35-23-15-11-21(12-16-23)27(39)19-29-37(25-7-3-1-4-8-25)33(41)31(43-29)32-34(42)38(26-9-5-2-6-10-26)30(44-32)20-28(40)22-13-17-24(36)18-14-22/h1-20H/b29-19-,30-20-,32-31+. The number of nitrogens with zero attached hydrogens (tertiary/aromatic N) is 2. The van der Waals surface area contributed by atoms with Gasteiger partial charge < -0.3 is 0 Å². The summed E-state index contributed by atoms with van der Waals surface area (Å²) in [7, 11) is 0. The van der Waals surface area contributed by atoms with Crippen LogP contribution in [0.2, 0.25) is 10.0 Å². The van der Waals surface area contributed by atoms with E-state index in [1.165, 1.54) is 21.3 Å². The molecule has 0 radical (unpaired) electrons. The van der Waals surface area contributed by atoms with Crippen LogP contribution in [0, 0.1) is 9.06 Å². The van der Waals surface area contributed by atoms with Crippen LogP contribution in [0.4, 0.5) is 0 Å². The van der Waals surface area contributed by atoms with E-state index in [1.54, 1.807) is 97.1 Å². The third kappa shape index (κ3) is 5.93. The summed E-state index contributed by atoms with van der Waals surface area (Å²) in [5.74, 6) is -0.649. The predicted molar refractivity (Wildman–Crippen MR) is 177 cm³/mol. The van der Waals surface area contributed by atoms with Gasteiger partial charge >= 0.3 is 0 Å². The van der Waals surface area contributed by atoms with E-state index in [0.29, 0.717) is 41.9 Å². The highest BCUT2D eigenvalue weighted by molar-refractivity contribution is 7.11. The van der Waals surface area contributed by atoms with Crippen molar-refractivity contribution >= 4 is 69.6 Å². The number of aromatic nitrogens is 2. The Hall–Kier alpha value is -4.60. The van der Waals surface area contributed by atoms with Gasteiger partial charge in [0, 0.05) is 33.3 Å². The monoisotopic (exact) mass is 654 g/mol. The fourth-order valence-electron chi connectivity index (χ4n) is 4.53. The van der Waals surface area contributed by atoms with Crippen molar-refractivity contribution < 1.29 is 9.59 Å². The maximum atomic E-state index is 14.0. The van der Waals surface area contributed by atoms with Gasteiger partial charge in [-0.3, -0.25) is 28.3 Å². The molecule has 10 heteroatoms. The third-order valence-electron chi connectivity index (χ3n) is 6.65. The Labute approximate surface area is 268 Å². The van der Waals surface area contributed by atoms with Crippen molar-refractivity contribution in [1.82, 2.24) is 9.13 Å². The quantitative estimate of drug-likeness (QED) is 0.206. The van der Waals surface area contributed by atoms with Crippen molar-refractivity contribution in [1.29, 1.82) is 0 Å². The first-order chi connectivity index (χ1) is 21.3. The SMILES string of the molecule is O=C(/C=c1\s/c(=c2/s/c(=C\C(=O)c3ccc(Cl)cc3)n(-c3ccccc3)c2=O)c(=O)n1-c1ccccc1)c1ccc(Cl)cc1. The first-order valence-electron chi connectivity index (χ1n) is 13.2. The van der Waals surface area contributed by atoms with Crippen molar-refractivity contribution in [3.8, 4) is 11.4 Å². The molecular weight excluding hydrogens is 635 g/mol. The molecule has 0 spiro atoms. The summed E-state index contributed by atoms with van der Waals surface area (Å²) in [6, 6.07) is 30.7. The number of rotatable bonds is 6. The van der Waals surface area contributed by atoms with Gasteiger partial charge in [0.15, 0.2) is 11.6 Å². The van der Waals surface area contributed by atoms with E-state index in [2.05, 4.69) is 0 Å². The zero-order chi connectivity index (χ0) is 30.8. The van der Waals surface area contributed by atoms with E-state index in [-0.39, 0.29) is 20.6 Å². The zero-order valence-corrected chi connectivity index (χ0v) is 25.8. The lowest BCUT2D eigenvalue weighted by Crippen LogP contribution is -2.26. The minimum atomic E-state index is -0.453. The van der Waals surface area contributed by atoms with Crippen molar-refractivity contribution in [2.75, 3.05) is 0 Å². The number of carbonyl (C=O) groups excluding carboxylic acids is 2. The molecule has 0 aliphatic heterocycles. The lowest BCUT2D eigenvalue weighted by Gasteiger charge is -2.01. The minimum absolute atomic E-state index is 0.155. The molecule has 0 fully saturated rings. The van der Waals surface area contributed by atoms with Gasteiger partial charge in [-0.25, -0.2) is 0 Å². The van der Waals surface area contributed by atoms with Crippen molar-refractivity contribution in [3.05, 3.63) is 169 Å². The number of thiazole rings is 2. The molecule has 6 nitrogen and oxygen atoms in total. The van der Waals surface area contributed by atoms with Crippen LogP contribution in [0.25, 0.3) is 23.5 Å². The van der Waals surface area contributed by atoms with Crippen LogP contribution < -0.4 is 20.4 Å². The summed E-state index contributed by atoms with van der Waals surface area (Å²) in [6.07, 6.45) is 2.76. The number of benzene rings is 4. The summed E-state index contributed by atoms with van der Waals surface area (Å²) in [6.45, 7) is 0. The second-order valence-corrected chi connectivity index (χ2v) is 12.5. The number of ketones is 2. The molecule has 0 N–H and O–H groups in total. The summed E-state index contributed by atoms with van der Waals surface area (Å²) in [4.78, 5) is 54.5. The first-order valence-corrected chi connectivity index (χ1v) is 15.6. The Bertz CT molecular complexity index is 2190. The van der Waals surface area contributed by atoms with Gasteiger partial charge in [0.05, 0.1) is 11.4 Å². The van der Waals surface area contributed by atoms with E-state index >= 15 is 0 Å². The third-order valence-corrected chi connectivity index (χ3v) is 9.47. The molecule has 4 aromatic carbocycles. The summed E-state index contributed by atoms with van der Waals surface area (Å²) in [5.41, 5.74) is 0.976. The highest BCUT2D eigenvalue weighted by Gasteiger charge is 2.15. The van der Waals surface area contributed by atoms with Crippen LogP contribution >= 0.6 is 45.9 Å². The van der Waals surface area contributed by atoms with Gasteiger partial charge in [-0.05, 0) is 72.8 Å². The highest BCUT2D eigenvalue weighted by Crippen LogP contribution is 2.13. The predicted octanol–water partition coefficient (Wildman–Crippen LogP) is 6.03. The Morgan fingerprint density at radius 1 is 0.523 bits per heavy atom. The second-order valence-electron chi connectivity index (χ2n) is 9.52. The van der Waals surface area contributed by atoms with Gasteiger partial charge in [-0.2, -0.15) is 0 Å². The molecule has 0 amide bonds. The van der Waals surface area contributed by atoms with Gasteiger partial charge in [0.25, 0.3) is 11.1 Å². The Morgan fingerprint density at radius 2 is 0.864 bits per heavy atom. The molecule has 0 aliphatic carbocycles. The fourth-order valence-corrected chi connectivity index (χ4v) is 7.06. The Balaban J connectivity index is 1.67. The number of Topliss-reactive ketones (excluding diaryl/α,β-unsaturated/α-hetero) is 2. The minimum Gasteiger partial charge on any atom is -0.289 e. The van der Waals surface area contributed by atoms with Crippen LogP contribution in [-0.2, 0) is 0 Å². The number of carbonyl (C=O) groups is 2. The molecule has 0 aliphatic rings. The Morgan fingerprint density at radius 3 is 1.20 bits per heavy atom. The maximum Gasteiger partial charge on any atom is 0.275 e. The molecular formula is C34H20Cl2N2O4S2. The fraction of sp³-hybridized carbons (Fsp3) is 0. The molecule has 2 aromatic heterocycles. The van der Waals surface area contributed by atoms with Crippen LogP contribution in [-0.4, -0.2) is 20.7 Å². The number of para-hydroxylation sites is 2. The largest absolute Gasteiger partial charge is 0.289 e. The highest BCUT2D eigenvalue weighted by atomic mass is 35.5. The van der Waals surface area contributed by atoms with Crippen LogP contribution in [0.15, 0.2) is 119 Å². The molecule has 0 unspecified atom stereocenters. The second kappa shape index (κ2) is 12.6. The summed E-state index contributed by atoms with van der Waals surface area (Å²) < 4.78 is 3.84. The number of halogens is 2. The normalized spacial score (nSPS) is 12.9. The summed E-state index contributed by atoms with van der Waals surface area (Å²) >= 11 is 14.1. The topological polar surface area (TPSA) is 78.1 Å². The molecule has 6 aromatic rings. The molecule has 0 atom stereocenters. The molecule has 0 saturated heterocycles. The van der Waals surface area contributed by atoms with Crippen molar-refractivity contribution in [3.63, 3.8) is 0 Å². The average molecular weight is 656 g/mol. The van der Waals surface area contributed by atoms with Gasteiger partial charge in [0.1, 0.15) is 18.4 Å². The van der Waals surface area contributed by atoms with Crippen molar-refractivity contribution in [2.45, 2.75) is 0 Å².